The van der Waals surface area contributed by atoms with Crippen molar-refractivity contribution in [2.45, 2.75) is 113 Å². The highest BCUT2D eigenvalue weighted by molar-refractivity contribution is 8.00. The normalized spacial score (nSPS) is 22.6. The van der Waals surface area contributed by atoms with Crippen molar-refractivity contribution >= 4 is 29.6 Å². The van der Waals surface area contributed by atoms with Crippen LogP contribution in [0.25, 0.3) is 0 Å². The van der Waals surface area contributed by atoms with Crippen molar-refractivity contribution in [3.8, 4) is 0 Å². The third-order valence-corrected chi connectivity index (χ3v) is 8.29. The van der Waals surface area contributed by atoms with E-state index in [0.29, 0.717) is 11.7 Å². The minimum Gasteiger partial charge on any atom is -0.394 e. The highest BCUT2D eigenvalue weighted by atomic mass is 32.2. The zero-order valence-corrected chi connectivity index (χ0v) is 22.5. The zero-order valence-electron chi connectivity index (χ0n) is 21.7. The summed E-state index contributed by atoms with van der Waals surface area (Å²) >= 11 is 1.92. The maximum atomic E-state index is 12.0. The Balaban J connectivity index is 1.34. The van der Waals surface area contributed by atoms with Crippen LogP contribution >= 0.6 is 11.8 Å². The number of aliphatic hydroxyl groups is 2. The molecule has 0 aliphatic carbocycles. The van der Waals surface area contributed by atoms with Crippen LogP contribution in [0.3, 0.4) is 0 Å². The molecule has 9 nitrogen and oxygen atoms in total. The van der Waals surface area contributed by atoms with Gasteiger partial charge in [-0.2, -0.15) is 11.8 Å². The zero-order chi connectivity index (χ0) is 26.2. The number of carbonyl (C=O) groups excluding carboxylic acids is 3. The lowest BCUT2D eigenvalue weighted by Crippen LogP contribution is -2.44. The Hall–Kier alpha value is -1.78. The Labute approximate surface area is 220 Å². The topological polar surface area (TPSA) is 140 Å². The second kappa shape index (κ2) is 17.6. The maximum Gasteiger partial charge on any atom is 0.315 e. The molecule has 4 unspecified atom stereocenters. The fraction of sp³-hybridized carbons (Fsp3) is 0.808. The molecule has 5 atom stereocenters. The number of nitrogens with one attached hydrogen (secondary N) is 4. The van der Waals surface area contributed by atoms with Crippen molar-refractivity contribution in [2.24, 2.45) is 0 Å². The summed E-state index contributed by atoms with van der Waals surface area (Å²) in [6.45, 7) is 1.82. The molecule has 0 spiro atoms. The molecule has 206 valence electrons. The first-order valence-electron chi connectivity index (χ1n) is 13.6. The number of rotatable bonds is 19. The average Bonchev–Trinajstić information content (AvgIpc) is 3.39. The molecule has 36 heavy (non-hydrogen) atoms. The summed E-state index contributed by atoms with van der Waals surface area (Å²) in [5.74, 6) is 0.848. The summed E-state index contributed by atoms with van der Waals surface area (Å²) in [5.41, 5.74) is 0. The second-order valence-electron chi connectivity index (χ2n) is 9.89. The van der Waals surface area contributed by atoms with Crippen molar-refractivity contribution in [3.63, 3.8) is 0 Å². The van der Waals surface area contributed by atoms with E-state index < -0.39 is 12.1 Å². The molecule has 6 N–H and O–H groups in total. The van der Waals surface area contributed by atoms with Crippen LogP contribution in [0.1, 0.15) is 84.0 Å². The molecule has 0 bridgehead atoms. The summed E-state index contributed by atoms with van der Waals surface area (Å²) < 4.78 is 0. The van der Waals surface area contributed by atoms with E-state index in [-0.39, 0.29) is 36.5 Å². The van der Waals surface area contributed by atoms with Gasteiger partial charge < -0.3 is 31.5 Å². The highest BCUT2D eigenvalue weighted by Gasteiger charge is 2.42. The van der Waals surface area contributed by atoms with Crippen LogP contribution in [0.2, 0.25) is 0 Å². The fourth-order valence-corrected chi connectivity index (χ4v) is 6.27. The van der Waals surface area contributed by atoms with Gasteiger partial charge in [0.15, 0.2) is 0 Å². The van der Waals surface area contributed by atoms with Gasteiger partial charge in [-0.3, -0.25) is 9.59 Å². The molecule has 2 heterocycles. The largest absolute Gasteiger partial charge is 0.394 e. The molecule has 0 aromatic heterocycles. The van der Waals surface area contributed by atoms with E-state index in [1.165, 1.54) is 26.2 Å². The Bertz CT molecular complexity index is 708. The third kappa shape index (κ3) is 12.0. The molecule has 0 saturated carbocycles. The van der Waals surface area contributed by atoms with E-state index in [1.54, 1.807) is 6.08 Å². The van der Waals surface area contributed by atoms with Gasteiger partial charge in [0.05, 0.1) is 30.8 Å². The molecule has 0 radical (unpaired) electrons. The quantitative estimate of drug-likeness (QED) is 0.0868. The third-order valence-electron chi connectivity index (χ3n) is 6.78. The lowest BCUT2D eigenvalue weighted by Gasteiger charge is -2.18. The van der Waals surface area contributed by atoms with E-state index in [1.807, 2.05) is 17.8 Å². The Morgan fingerprint density at radius 3 is 2.53 bits per heavy atom. The van der Waals surface area contributed by atoms with Crippen molar-refractivity contribution < 1.29 is 24.6 Å². The number of thioether (sulfide) groups is 1. The van der Waals surface area contributed by atoms with Crippen LogP contribution in [0.15, 0.2) is 12.2 Å². The molecule has 0 aromatic rings. The van der Waals surface area contributed by atoms with Crippen molar-refractivity contribution in [1.82, 2.24) is 21.3 Å². The van der Waals surface area contributed by atoms with Gasteiger partial charge in [-0.1, -0.05) is 50.7 Å². The lowest BCUT2D eigenvalue weighted by molar-refractivity contribution is -0.121. The number of unbranched alkanes of at least 4 members (excludes halogenated alkanes) is 8. The Morgan fingerprint density at radius 2 is 1.81 bits per heavy atom. The SMILES string of the molecule is CC(=O)NC(CO)[C@H](O)/C=C/CCCCCCCCCNC(=O)CCCCC1SCC2NC(=O)NC21. The molecule has 2 aliphatic rings. The molecular formula is C26H46N4O5S. The predicted molar refractivity (Wildman–Crippen MR) is 144 cm³/mol. The number of hydrogen-bond acceptors (Lipinski definition) is 6. The van der Waals surface area contributed by atoms with Gasteiger partial charge in [0.25, 0.3) is 0 Å². The predicted octanol–water partition coefficient (Wildman–Crippen LogP) is 2.36. The van der Waals surface area contributed by atoms with Gasteiger partial charge in [0, 0.05) is 30.9 Å². The van der Waals surface area contributed by atoms with Crippen molar-refractivity contribution in [3.05, 3.63) is 12.2 Å². The van der Waals surface area contributed by atoms with E-state index in [9.17, 15) is 24.6 Å². The molecular weight excluding hydrogens is 480 g/mol. The van der Waals surface area contributed by atoms with Crippen molar-refractivity contribution in [1.29, 1.82) is 0 Å². The first-order valence-corrected chi connectivity index (χ1v) is 14.6. The van der Waals surface area contributed by atoms with E-state index in [0.717, 1.165) is 63.7 Å². The standard InChI is InChI=1S/C26H46N4O5S/c1-19(32)28-20(17-31)22(33)13-9-7-5-3-2-4-6-8-12-16-27-24(34)15-11-10-14-23-25-21(18-36-23)29-26(35)30-25/h9,13,20-23,25,31,33H,2-8,10-12,14-18H2,1H3,(H,27,34)(H,28,32)(H2,29,30,35)/b13-9+/t20?,21?,22-,23?,25?/m1/s1. The number of urea groups is 1. The lowest BCUT2D eigenvalue weighted by atomic mass is 10.0. The number of fused-ring (bicyclic) bond motifs is 1. The second-order valence-corrected chi connectivity index (χ2v) is 11.2. The number of hydrogen-bond donors (Lipinski definition) is 6. The summed E-state index contributed by atoms with van der Waals surface area (Å²) in [4.78, 5) is 34.5. The molecule has 0 aromatic carbocycles. The molecule has 4 amide bonds. The van der Waals surface area contributed by atoms with Crippen LogP contribution in [0.5, 0.6) is 0 Å². The van der Waals surface area contributed by atoms with E-state index in [4.69, 9.17) is 0 Å². The van der Waals surface area contributed by atoms with Gasteiger partial charge in [-0.25, -0.2) is 4.79 Å². The van der Waals surface area contributed by atoms with E-state index in [2.05, 4.69) is 21.3 Å². The van der Waals surface area contributed by atoms with Gasteiger partial charge in [-0.15, -0.1) is 0 Å². The maximum absolute atomic E-state index is 12.0. The van der Waals surface area contributed by atoms with Gasteiger partial charge >= 0.3 is 6.03 Å². The minimum atomic E-state index is -0.876. The average molecular weight is 527 g/mol. The summed E-state index contributed by atoms with van der Waals surface area (Å²) in [7, 11) is 0. The minimum absolute atomic E-state index is 0.0467. The van der Waals surface area contributed by atoms with Crippen LogP contribution in [0.4, 0.5) is 4.79 Å². The van der Waals surface area contributed by atoms with Crippen LogP contribution in [-0.4, -0.2) is 76.4 Å². The van der Waals surface area contributed by atoms with Crippen molar-refractivity contribution in [2.75, 3.05) is 18.9 Å². The summed E-state index contributed by atoms with van der Waals surface area (Å²) in [5, 5.41) is 31.2. The first kappa shape index (κ1) is 30.4. The van der Waals surface area contributed by atoms with Crippen LogP contribution in [0, 0.1) is 0 Å². The van der Waals surface area contributed by atoms with Gasteiger partial charge in [0.1, 0.15) is 0 Å². The Morgan fingerprint density at radius 1 is 1.08 bits per heavy atom. The number of carbonyl (C=O) groups is 3. The van der Waals surface area contributed by atoms with E-state index >= 15 is 0 Å². The number of allylic oxidation sites excluding steroid dienone is 1. The number of amides is 4. The first-order chi connectivity index (χ1) is 17.4. The monoisotopic (exact) mass is 526 g/mol. The Kier molecular flexibility index (Phi) is 14.9. The fourth-order valence-electron chi connectivity index (χ4n) is 4.73. The van der Waals surface area contributed by atoms with Gasteiger partial charge in [-0.05, 0) is 32.1 Å². The molecule has 2 aliphatic heterocycles. The highest BCUT2D eigenvalue weighted by Crippen LogP contribution is 2.33. The molecule has 2 saturated heterocycles. The number of aliphatic hydroxyl groups excluding tert-OH is 2. The molecule has 2 fully saturated rings. The van der Waals surface area contributed by atoms with Crippen LogP contribution < -0.4 is 21.3 Å². The smallest absolute Gasteiger partial charge is 0.315 e. The van der Waals surface area contributed by atoms with Crippen LogP contribution in [-0.2, 0) is 9.59 Å². The summed E-state index contributed by atoms with van der Waals surface area (Å²) in [6.07, 6.45) is 14.9. The molecule has 2 rings (SSSR count). The summed E-state index contributed by atoms with van der Waals surface area (Å²) in [6, 6.07) is -0.194. The van der Waals surface area contributed by atoms with Gasteiger partial charge in [0.2, 0.25) is 11.8 Å². The molecule has 10 heteroatoms.